The van der Waals surface area contributed by atoms with Crippen LogP contribution in [0, 0.1) is 0 Å². The topological polar surface area (TPSA) is 73.9 Å². The van der Waals surface area contributed by atoms with Crippen LogP contribution in [-0.4, -0.2) is 67.7 Å². The third kappa shape index (κ3) is 6.08. The Balaban J connectivity index is 1.45. The van der Waals surface area contributed by atoms with E-state index in [4.69, 9.17) is 4.74 Å². The molecule has 2 unspecified atom stereocenters. The van der Waals surface area contributed by atoms with E-state index in [1.807, 2.05) is 65.6 Å². The van der Waals surface area contributed by atoms with Crippen molar-refractivity contribution >= 4 is 11.9 Å². The van der Waals surface area contributed by atoms with E-state index in [1.54, 1.807) is 0 Å². The zero-order valence-corrected chi connectivity index (χ0v) is 18.4. The van der Waals surface area contributed by atoms with Gasteiger partial charge in [0.05, 0.1) is 25.3 Å². The normalized spacial score (nSPS) is 18.9. The van der Waals surface area contributed by atoms with Crippen LogP contribution in [0.2, 0.25) is 0 Å². The second-order valence-corrected chi connectivity index (χ2v) is 8.40. The maximum absolute atomic E-state index is 13.1. The molecular formula is C25H32N4O3. The molecule has 2 atom stereocenters. The van der Waals surface area contributed by atoms with Crippen molar-refractivity contribution < 1.29 is 14.3 Å². The maximum Gasteiger partial charge on any atom is 0.315 e. The molecule has 2 aliphatic rings. The number of nitrogens with zero attached hydrogens (tertiary/aromatic N) is 2. The van der Waals surface area contributed by atoms with Gasteiger partial charge in [0.15, 0.2) is 0 Å². The van der Waals surface area contributed by atoms with Gasteiger partial charge in [-0.15, -0.1) is 0 Å². The Morgan fingerprint density at radius 2 is 1.41 bits per heavy atom. The average molecular weight is 437 g/mol. The Kier molecular flexibility index (Phi) is 7.74. The van der Waals surface area contributed by atoms with Gasteiger partial charge in [-0.2, -0.15) is 0 Å². The molecule has 7 nitrogen and oxygen atoms in total. The number of morpholine rings is 1. The summed E-state index contributed by atoms with van der Waals surface area (Å²) in [5, 5.41) is 6.31. The van der Waals surface area contributed by atoms with Crippen molar-refractivity contribution in [1.82, 2.24) is 20.4 Å². The minimum Gasteiger partial charge on any atom is -0.379 e. The summed E-state index contributed by atoms with van der Waals surface area (Å²) in [5.74, 6) is 0.155. The number of ether oxygens (including phenoxy) is 1. The molecule has 0 aliphatic carbocycles. The standard InChI is InChI=1S/C25H32N4O3/c30-24-12-7-13-29(24)19-23(21-10-5-2-6-11-21)27-25(31)26-22(20-8-3-1-4-9-20)18-28-14-16-32-17-15-28/h1-6,8-11,22-23H,7,12-19H2,(H2,26,27,31). The summed E-state index contributed by atoms with van der Waals surface area (Å²) < 4.78 is 5.47. The smallest absolute Gasteiger partial charge is 0.315 e. The number of amides is 3. The molecule has 0 radical (unpaired) electrons. The van der Waals surface area contributed by atoms with Gasteiger partial charge in [0.1, 0.15) is 0 Å². The zero-order chi connectivity index (χ0) is 22.2. The molecule has 2 aromatic rings. The highest BCUT2D eigenvalue weighted by molar-refractivity contribution is 5.78. The van der Waals surface area contributed by atoms with Crippen LogP contribution in [-0.2, 0) is 9.53 Å². The lowest BCUT2D eigenvalue weighted by molar-refractivity contribution is -0.128. The minimum atomic E-state index is -0.266. The third-order valence-corrected chi connectivity index (χ3v) is 6.13. The number of rotatable bonds is 8. The van der Waals surface area contributed by atoms with Gasteiger partial charge >= 0.3 is 6.03 Å². The highest BCUT2D eigenvalue weighted by Gasteiger charge is 2.26. The lowest BCUT2D eigenvalue weighted by atomic mass is 10.1. The van der Waals surface area contributed by atoms with E-state index in [0.717, 1.165) is 43.7 Å². The van der Waals surface area contributed by atoms with Gasteiger partial charge < -0.3 is 20.3 Å². The lowest BCUT2D eigenvalue weighted by Gasteiger charge is -2.32. The SMILES string of the molecule is O=C(NC(CN1CCOCC1)c1ccccc1)NC(CN1CCCC1=O)c1ccccc1. The summed E-state index contributed by atoms with van der Waals surface area (Å²) in [7, 11) is 0. The Morgan fingerprint density at radius 3 is 1.94 bits per heavy atom. The van der Waals surface area contributed by atoms with Crippen molar-refractivity contribution in [2.24, 2.45) is 0 Å². The van der Waals surface area contributed by atoms with E-state index < -0.39 is 0 Å². The van der Waals surface area contributed by atoms with E-state index >= 15 is 0 Å². The van der Waals surface area contributed by atoms with E-state index in [2.05, 4.69) is 15.5 Å². The maximum atomic E-state index is 13.1. The van der Waals surface area contributed by atoms with Crippen molar-refractivity contribution in [2.45, 2.75) is 24.9 Å². The van der Waals surface area contributed by atoms with Gasteiger partial charge in [-0.05, 0) is 17.5 Å². The van der Waals surface area contributed by atoms with Gasteiger partial charge in [0.2, 0.25) is 5.91 Å². The number of hydrogen-bond acceptors (Lipinski definition) is 4. The number of hydrogen-bond donors (Lipinski definition) is 2. The van der Waals surface area contributed by atoms with Crippen molar-refractivity contribution in [3.8, 4) is 0 Å². The fraction of sp³-hybridized carbons (Fsp3) is 0.440. The molecule has 32 heavy (non-hydrogen) atoms. The van der Waals surface area contributed by atoms with E-state index in [9.17, 15) is 9.59 Å². The molecule has 0 aromatic heterocycles. The Labute approximate surface area is 189 Å². The number of urea groups is 1. The first-order valence-electron chi connectivity index (χ1n) is 11.4. The molecule has 2 heterocycles. The number of nitrogens with one attached hydrogen (secondary N) is 2. The Bertz CT molecular complexity index is 871. The number of carbonyl (C=O) groups excluding carboxylic acids is 2. The van der Waals surface area contributed by atoms with Crippen LogP contribution >= 0.6 is 0 Å². The van der Waals surface area contributed by atoms with Gasteiger partial charge in [0, 0.05) is 39.1 Å². The summed E-state index contributed by atoms with van der Waals surface area (Å²) in [6.07, 6.45) is 1.46. The summed E-state index contributed by atoms with van der Waals surface area (Å²) in [6, 6.07) is 19.3. The molecule has 2 fully saturated rings. The average Bonchev–Trinajstić information content (AvgIpc) is 3.24. The highest BCUT2D eigenvalue weighted by atomic mass is 16.5. The molecule has 2 saturated heterocycles. The number of benzene rings is 2. The quantitative estimate of drug-likeness (QED) is 0.667. The number of carbonyl (C=O) groups is 2. The zero-order valence-electron chi connectivity index (χ0n) is 18.4. The summed E-state index contributed by atoms with van der Waals surface area (Å²) >= 11 is 0. The van der Waals surface area contributed by atoms with Crippen LogP contribution in [0.1, 0.15) is 36.1 Å². The Hall–Kier alpha value is -2.90. The van der Waals surface area contributed by atoms with Crippen LogP contribution in [0.25, 0.3) is 0 Å². The first-order chi connectivity index (χ1) is 15.7. The highest BCUT2D eigenvalue weighted by Crippen LogP contribution is 2.20. The Morgan fingerprint density at radius 1 is 0.844 bits per heavy atom. The van der Waals surface area contributed by atoms with Crippen LogP contribution in [0.3, 0.4) is 0 Å². The van der Waals surface area contributed by atoms with Gasteiger partial charge in [-0.3, -0.25) is 9.69 Å². The van der Waals surface area contributed by atoms with Crippen molar-refractivity contribution in [3.63, 3.8) is 0 Å². The molecule has 0 bridgehead atoms. The number of likely N-dealkylation sites (tertiary alicyclic amines) is 1. The van der Waals surface area contributed by atoms with Crippen molar-refractivity contribution in [2.75, 3.05) is 45.9 Å². The molecular weight excluding hydrogens is 404 g/mol. The fourth-order valence-electron chi connectivity index (χ4n) is 4.36. The first kappa shape index (κ1) is 22.3. The van der Waals surface area contributed by atoms with Crippen LogP contribution in [0.4, 0.5) is 4.79 Å². The van der Waals surface area contributed by atoms with E-state index in [-0.39, 0.29) is 24.0 Å². The lowest BCUT2D eigenvalue weighted by Crippen LogP contribution is -2.47. The van der Waals surface area contributed by atoms with Gasteiger partial charge in [-0.1, -0.05) is 60.7 Å². The molecule has 2 N–H and O–H groups in total. The second kappa shape index (κ2) is 11.1. The monoisotopic (exact) mass is 436 g/mol. The van der Waals surface area contributed by atoms with E-state index in [0.29, 0.717) is 26.2 Å². The molecule has 7 heteroatoms. The molecule has 0 spiro atoms. The summed E-state index contributed by atoms with van der Waals surface area (Å²) in [4.78, 5) is 29.5. The molecule has 170 valence electrons. The minimum absolute atomic E-state index is 0.140. The summed E-state index contributed by atoms with van der Waals surface area (Å²) in [6.45, 7) is 5.10. The van der Waals surface area contributed by atoms with Crippen molar-refractivity contribution in [3.05, 3.63) is 71.8 Å². The second-order valence-electron chi connectivity index (χ2n) is 8.40. The first-order valence-corrected chi connectivity index (χ1v) is 11.4. The van der Waals surface area contributed by atoms with Gasteiger partial charge in [0.25, 0.3) is 0 Å². The van der Waals surface area contributed by atoms with Crippen LogP contribution in [0.5, 0.6) is 0 Å². The molecule has 0 saturated carbocycles. The largest absolute Gasteiger partial charge is 0.379 e. The summed E-state index contributed by atoms with van der Waals surface area (Å²) in [5.41, 5.74) is 2.06. The molecule has 2 aromatic carbocycles. The fourth-order valence-corrected chi connectivity index (χ4v) is 4.36. The predicted molar refractivity (Wildman–Crippen MR) is 123 cm³/mol. The molecule has 4 rings (SSSR count). The van der Waals surface area contributed by atoms with Gasteiger partial charge in [-0.25, -0.2) is 4.79 Å². The van der Waals surface area contributed by atoms with Crippen LogP contribution in [0.15, 0.2) is 60.7 Å². The van der Waals surface area contributed by atoms with Crippen LogP contribution < -0.4 is 10.6 Å². The third-order valence-electron chi connectivity index (χ3n) is 6.13. The van der Waals surface area contributed by atoms with E-state index in [1.165, 1.54) is 0 Å². The predicted octanol–water partition coefficient (Wildman–Crippen LogP) is 2.72. The molecule has 3 amide bonds. The van der Waals surface area contributed by atoms with Crippen molar-refractivity contribution in [1.29, 1.82) is 0 Å². The molecule has 2 aliphatic heterocycles.